The molecule has 3 heterocycles. The summed E-state index contributed by atoms with van der Waals surface area (Å²) in [7, 11) is 0. The average Bonchev–Trinajstić information content (AvgIpc) is 2.94. The number of aromatic nitrogens is 2. The van der Waals surface area contributed by atoms with Crippen molar-refractivity contribution in [3.63, 3.8) is 0 Å². The van der Waals surface area contributed by atoms with Gasteiger partial charge in [0.25, 0.3) is 0 Å². The zero-order valence-corrected chi connectivity index (χ0v) is 11.5. The van der Waals surface area contributed by atoms with E-state index in [0.717, 1.165) is 18.5 Å². The molecule has 0 aromatic carbocycles. The molecular formula is C14H24N4. The molecule has 0 aliphatic carbocycles. The average molecular weight is 248 g/mol. The summed E-state index contributed by atoms with van der Waals surface area (Å²) in [5, 5.41) is 3.66. The number of likely N-dealkylation sites (tertiary alicyclic amines) is 1. The summed E-state index contributed by atoms with van der Waals surface area (Å²) in [5.41, 5.74) is 1.35. The molecule has 4 nitrogen and oxygen atoms in total. The van der Waals surface area contributed by atoms with Crippen molar-refractivity contribution in [2.24, 2.45) is 5.92 Å². The third-order valence-electron chi connectivity index (χ3n) is 4.36. The summed E-state index contributed by atoms with van der Waals surface area (Å²) >= 11 is 0. The van der Waals surface area contributed by atoms with Crippen molar-refractivity contribution in [3.05, 3.63) is 18.2 Å². The van der Waals surface area contributed by atoms with E-state index < -0.39 is 0 Å². The first kappa shape index (κ1) is 12.2. The van der Waals surface area contributed by atoms with Gasteiger partial charge >= 0.3 is 0 Å². The molecule has 3 rings (SSSR count). The van der Waals surface area contributed by atoms with Gasteiger partial charge in [0.2, 0.25) is 0 Å². The molecule has 2 aliphatic heterocycles. The first-order valence-corrected chi connectivity index (χ1v) is 7.20. The van der Waals surface area contributed by atoms with E-state index in [4.69, 9.17) is 0 Å². The molecule has 0 radical (unpaired) electrons. The summed E-state index contributed by atoms with van der Waals surface area (Å²) in [6, 6.07) is 1.24. The Hall–Kier alpha value is -0.870. The van der Waals surface area contributed by atoms with Gasteiger partial charge in [0.05, 0.1) is 12.0 Å². The molecule has 0 spiro atoms. The van der Waals surface area contributed by atoms with Crippen LogP contribution in [0.5, 0.6) is 0 Å². The van der Waals surface area contributed by atoms with Crippen LogP contribution in [0.25, 0.3) is 0 Å². The molecular weight excluding hydrogens is 224 g/mol. The van der Waals surface area contributed by atoms with Gasteiger partial charge in [-0.3, -0.25) is 4.90 Å². The van der Waals surface area contributed by atoms with Crippen molar-refractivity contribution < 1.29 is 0 Å². The standard InChI is InChI=1S/C14H24N4/c1-11(2)18-10-15-6-13(18)8-17-7-12-4-3-5-16-14(12)9-17/h6,10-12,14,16H,3-5,7-9H2,1-2H3. The molecule has 1 aromatic rings. The number of piperidine rings is 1. The number of fused-ring (bicyclic) bond motifs is 1. The SMILES string of the molecule is CC(C)n1cncc1CN1CC2CCCNC2C1. The predicted octanol–water partition coefficient (Wildman–Crippen LogP) is 1.65. The molecule has 1 N–H and O–H groups in total. The van der Waals surface area contributed by atoms with Crippen LogP contribution in [0.15, 0.2) is 12.5 Å². The van der Waals surface area contributed by atoms with Crippen molar-refractivity contribution in [1.29, 1.82) is 0 Å². The first-order chi connectivity index (χ1) is 8.74. The highest BCUT2D eigenvalue weighted by molar-refractivity contribution is 5.02. The number of hydrogen-bond acceptors (Lipinski definition) is 3. The Morgan fingerprint density at radius 2 is 2.33 bits per heavy atom. The van der Waals surface area contributed by atoms with E-state index in [1.165, 1.54) is 38.2 Å². The summed E-state index contributed by atoms with van der Waals surface area (Å²) in [6.07, 6.45) is 6.73. The Balaban J connectivity index is 1.65. The van der Waals surface area contributed by atoms with Crippen LogP contribution in [-0.4, -0.2) is 40.1 Å². The molecule has 0 bridgehead atoms. The smallest absolute Gasteiger partial charge is 0.0951 e. The molecule has 0 saturated carbocycles. The second-order valence-corrected chi connectivity index (χ2v) is 6.04. The predicted molar refractivity (Wildman–Crippen MR) is 72.4 cm³/mol. The molecule has 1 aromatic heterocycles. The second kappa shape index (κ2) is 5.02. The minimum absolute atomic E-state index is 0.505. The van der Waals surface area contributed by atoms with Crippen LogP contribution in [0.1, 0.15) is 38.4 Å². The fraction of sp³-hybridized carbons (Fsp3) is 0.786. The van der Waals surface area contributed by atoms with Crippen LogP contribution in [0.2, 0.25) is 0 Å². The van der Waals surface area contributed by atoms with Gasteiger partial charge in [0.1, 0.15) is 0 Å². The van der Waals surface area contributed by atoms with E-state index in [9.17, 15) is 0 Å². The Morgan fingerprint density at radius 3 is 3.11 bits per heavy atom. The number of hydrogen-bond donors (Lipinski definition) is 1. The highest BCUT2D eigenvalue weighted by atomic mass is 15.2. The van der Waals surface area contributed by atoms with E-state index >= 15 is 0 Å². The Morgan fingerprint density at radius 1 is 1.44 bits per heavy atom. The molecule has 0 amide bonds. The maximum atomic E-state index is 4.30. The van der Waals surface area contributed by atoms with E-state index in [1.807, 2.05) is 12.5 Å². The van der Waals surface area contributed by atoms with E-state index in [0.29, 0.717) is 6.04 Å². The van der Waals surface area contributed by atoms with Crippen LogP contribution in [0, 0.1) is 5.92 Å². The zero-order valence-electron chi connectivity index (χ0n) is 11.5. The second-order valence-electron chi connectivity index (χ2n) is 6.04. The molecule has 2 aliphatic rings. The zero-order chi connectivity index (χ0) is 12.5. The van der Waals surface area contributed by atoms with E-state index in [-0.39, 0.29) is 0 Å². The first-order valence-electron chi connectivity index (χ1n) is 7.20. The Kier molecular flexibility index (Phi) is 3.39. The van der Waals surface area contributed by atoms with Crippen LogP contribution >= 0.6 is 0 Å². The lowest BCUT2D eigenvalue weighted by atomic mass is 9.94. The van der Waals surface area contributed by atoms with E-state index in [2.05, 4.69) is 33.6 Å². The van der Waals surface area contributed by atoms with Crippen molar-refractivity contribution in [2.45, 2.75) is 45.3 Å². The third kappa shape index (κ3) is 2.31. The van der Waals surface area contributed by atoms with Gasteiger partial charge in [0.15, 0.2) is 0 Å². The Bertz CT molecular complexity index is 384. The van der Waals surface area contributed by atoms with Gasteiger partial charge in [-0.15, -0.1) is 0 Å². The van der Waals surface area contributed by atoms with Gasteiger partial charge in [-0.05, 0) is 39.2 Å². The van der Waals surface area contributed by atoms with Gasteiger partial charge in [-0.2, -0.15) is 0 Å². The maximum absolute atomic E-state index is 4.30. The van der Waals surface area contributed by atoms with Gasteiger partial charge in [-0.25, -0.2) is 4.98 Å². The van der Waals surface area contributed by atoms with E-state index in [1.54, 1.807) is 0 Å². The third-order valence-corrected chi connectivity index (χ3v) is 4.36. The molecule has 2 atom stereocenters. The normalized spacial score (nSPS) is 28.8. The van der Waals surface area contributed by atoms with Crippen LogP contribution in [0.3, 0.4) is 0 Å². The monoisotopic (exact) mass is 248 g/mol. The van der Waals surface area contributed by atoms with Crippen molar-refractivity contribution in [3.8, 4) is 0 Å². The molecule has 4 heteroatoms. The summed E-state index contributed by atoms with van der Waals surface area (Å²) in [6.45, 7) is 9.15. The molecule has 2 unspecified atom stereocenters. The van der Waals surface area contributed by atoms with Crippen LogP contribution in [0.4, 0.5) is 0 Å². The van der Waals surface area contributed by atoms with Crippen molar-refractivity contribution in [2.75, 3.05) is 19.6 Å². The Labute approximate surface area is 109 Å². The number of nitrogens with one attached hydrogen (secondary N) is 1. The fourth-order valence-corrected chi connectivity index (χ4v) is 3.41. The largest absolute Gasteiger partial charge is 0.331 e. The minimum atomic E-state index is 0.505. The van der Waals surface area contributed by atoms with Crippen molar-refractivity contribution in [1.82, 2.24) is 19.8 Å². The van der Waals surface area contributed by atoms with Crippen LogP contribution in [-0.2, 0) is 6.54 Å². The maximum Gasteiger partial charge on any atom is 0.0951 e. The van der Waals surface area contributed by atoms with Gasteiger partial charge < -0.3 is 9.88 Å². The lowest BCUT2D eigenvalue weighted by Gasteiger charge is -2.24. The molecule has 2 saturated heterocycles. The number of rotatable bonds is 3. The quantitative estimate of drug-likeness (QED) is 0.883. The van der Waals surface area contributed by atoms with Gasteiger partial charge in [-0.1, -0.05) is 0 Å². The van der Waals surface area contributed by atoms with Crippen LogP contribution < -0.4 is 5.32 Å². The lowest BCUT2D eigenvalue weighted by molar-refractivity contribution is 0.302. The summed E-state index contributed by atoms with van der Waals surface area (Å²) < 4.78 is 2.29. The topological polar surface area (TPSA) is 33.1 Å². The fourth-order valence-electron chi connectivity index (χ4n) is 3.41. The molecule has 18 heavy (non-hydrogen) atoms. The van der Waals surface area contributed by atoms with Crippen molar-refractivity contribution >= 4 is 0 Å². The summed E-state index contributed by atoms with van der Waals surface area (Å²) in [5.74, 6) is 0.870. The number of nitrogens with zero attached hydrogens (tertiary/aromatic N) is 3. The highest BCUT2D eigenvalue weighted by Crippen LogP contribution is 2.26. The molecule has 100 valence electrons. The minimum Gasteiger partial charge on any atom is -0.331 e. The lowest BCUT2D eigenvalue weighted by Crippen LogP contribution is -2.40. The number of imidazole rings is 1. The van der Waals surface area contributed by atoms with Gasteiger partial charge in [0, 0.05) is 37.9 Å². The molecule has 2 fully saturated rings. The summed E-state index contributed by atoms with van der Waals surface area (Å²) in [4.78, 5) is 6.88. The highest BCUT2D eigenvalue weighted by Gasteiger charge is 2.34.